The third-order valence-corrected chi connectivity index (χ3v) is 4.23. The Labute approximate surface area is 103 Å². The monoisotopic (exact) mass is 254 g/mol. The predicted molar refractivity (Wildman–Crippen MR) is 66.1 cm³/mol. The lowest BCUT2D eigenvalue weighted by molar-refractivity contribution is 0.623. The van der Waals surface area contributed by atoms with E-state index >= 15 is 0 Å². The smallest absolute Gasteiger partial charge is 0.140 e. The first-order chi connectivity index (χ1) is 8.08. The summed E-state index contributed by atoms with van der Waals surface area (Å²) in [7, 11) is -1.04. The Balaban J connectivity index is 2.76. The summed E-state index contributed by atoms with van der Waals surface area (Å²) < 4.78 is 24.9. The van der Waals surface area contributed by atoms with E-state index in [0.29, 0.717) is 24.3 Å². The van der Waals surface area contributed by atoms with Gasteiger partial charge >= 0.3 is 0 Å². The van der Waals surface area contributed by atoms with E-state index in [1.54, 1.807) is 12.1 Å². The van der Waals surface area contributed by atoms with E-state index in [2.05, 4.69) is 0 Å². The maximum absolute atomic E-state index is 13.1. The zero-order chi connectivity index (χ0) is 12.8. The molecule has 0 saturated carbocycles. The van der Waals surface area contributed by atoms with Gasteiger partial charge in [0.1, 0.15) is 11.9 Å². The van der Waals surface area contributed by atoms with Gasteiger partial charge in [-0.2, -0.15) is 5.26 Å². The van der Waals surface area contributed by atoms with Crippen molar-refractivity contribution in [1.29, 1.82) is 5.26 Å². The quantitative estimate of drug-likeness (QED) is 0.869. The highest BCUT2D eigenvalue weighted by Crippen LogP contribution is 2.13. The number of nitriles is 1. The molecular formula is C12H15FN2OS. The first kappa shape index (κ1) is 13.8. The van der Waals surface area contributed by atoms with Gasteiger partial charge in [0, 0.05) is 21.8 Å². The third kappa shape index (κ3) is 3.91. The van der Waals surface area contributed by atoms with Crippen LogP contribution in [0.15, 0.2) is 18.2 Å². The number of nitrogens with two attached hydrogens (primary N) is 1. The van der Waals surface area contributed by atoms with Crippen molar-refractivity contribution >= 4 is 10.8 Å². The summed E-state index contributed by atoms with van der Waals surface area (Å²) in [6, 6.07) is 6.01. The SMILES string of the molecule is CC(CCN)S(=O)Cc1ccc(F)c(C#N)c1. The lowest BCUT2D eigenvalue weighted by Crippen LogP contribution is -2.17. The molecule has 0 bridgehead atoms. The Morgan fingerprint density at radius 2 is 2.29 bits per heavy atom. The Hall–Kier alpha value is -1.25. The lowest BCUT2D eigenvalue weighted by Gasteiger charge is -2.10. The molecule has 92 valence electrons. The summed E-state index contributed by atoms with van der Waals surface area (Å²) in [6.07, 6.45) is 0.693. The number of hydrogen-bond acceptors (Lipinski definition) is 3. The van der Waals surface area contributed by atoms with Crippen LogP contribution in [-0.2, 0) is 16.6 Å². The molecule has 0 aliphatic heterocycles. The molecule has 1 aromatic rings. The summed E-state index contributed by atoms with van der Waals surface area (Å²) in [5.41, 5.74) is 6.10. The van der Waals surface area contributed by atoms with Crippen LogP contribution in [0, 0.1) is 17.1 Å². The Morgan fingerprint density at radius 3 is 2.88 bits per heavy atom. The van der Waals surface area contributed by atoms with E-state index in [4.69, 9.17) is 11.0 Å². The second-order valence-corrected chi connectivity index (χ2v) is 5.69. The predicted octanol–water partition coefficient (Wildman–Crippen LogP) is 1.68. The second kappa shape index (κ2) is 6.48. The minimum Gasteiger partial charge on any atom is -0.330 e. The molecule has 0 aliphatic rings. The van der Waals surface area contributed by atoms with Gasteiger partial charge < -0.3 is 5.73 Å². The van der Waals surface area contributed by atoms with Crippen LogP contribution >= 0.6 is 0 Å². The minimum absolute atomic E-state index is 0.00835. The number of halogens is 1. The molecule has 0 heterocycles. The van der Waals surface area contributed by atoms with Gasteiger partial charge in [0.05, 0.1) is 5.56 Å². The van der Waals surface area contributed by atoms with Gasteiger partial charge in [0.15, 0.2) is 0 Å². The molecule has 2 unspecified atom stereocenters. The molecule has 0 radical (unpaired) electrons. The number of benzene rings is 1. The maximum Gasteiger partial charge on any atom is 0.140 e. The van der Waals surface area contributed by atoms with E-state index in [-0.39, 0.29) is 10.8 Å². The largest absolute Gasteiger partial charge is 0.330 e. The molecule has 2 N–H and O–H groups in total. The molecule has 17 heavy (non-hydrogen) atoms. The topological polar surface area (TPSA) is 66.9 Å². The van der Waals surface area contributed by atoms with Crippen LogP contribution in [0.4, 0.5) is 4.39 Å². The van der Waals surface area contributed by atoms with Gasteiger partial charge in [-0.25, -0.2) is 4.39 Å². The first-order valence-corrected chi connectivity index (χ1v) is 6.72. The fourth-order valence-corrected chi connectivity index (χ4v) is 2.61. The van der Waals surface area contributed by atoms with Crippen molar-refractivity contribution < 1.29 is 8.60 Å². The zero-order valence-corrected chi connectivity index (χ0v) is 10.5. The van der Waals surface area contributed by atoms with Gasteiger partial charge in [0.25, 0.3) is 0 Å². The highest BCUT2D eigenvalue weighted by atomic mass is 32.2. The Morgan fingerprint density at radius 1 is 1.59 bits per heavy atom. The normalized spacial score (nSPS) is 14.0. The van der Waals surface area contributed by atoms with Crippen molar-refractivity contribution in [2.75, 3.05) is 6.54 Å². The van der Waals surface area contributed by atoms with Gasteiger partial charge in [-0.3, -0.25) is 4.21 Å². The van der Waals surface area contributed by atoms with Crippen LogP contribution in [0.1, 0.15) is 24.5 Å². The average Bonchev–Trinajstić information content (AvgIpc) is 2.31. The molecule has 0 aromatic heterocycles. The minimum atomic E-state index is -1.04. The summed E-state index contributed by atoms with van der Waals surface area (Å²) in [5, 5.41) is 8.70. The number of rotatable bonds is 5. The summed E-state index contributed by atoms with van der Waals surface area (Å²) >= 11 is 0. The van der Waals surface area contributed by atoms with Gasteiger partial charge in [0.2, 0.25) is 0 Å². The molecule has 0 spiro atoms. The summed E-state index contributed by atoms with van der Waals surface area (Å²) in [6.45, 7) is 2.37. The van der Waals surface area contributed by atoms with Crippen LogP contribution in [0.25, 0.3) is 0 Å². The molecule has 1 aromatic carbocycles. The summed E-state index contributed by atoms with van der Waals surface area (Å²) in [5.74, 6) is -0.215. The Kier molecular flexibility index (Phi) is 5.26. The molecule has 0 fully saturated rings. The summed E-state index contributed by atoms with van der Waals surface area (Å²) in [4.78, 5) is 0. The van der Waals surface area contributed by atoms with Crippen LogP contribution < -0.4 is 5.73 Å². The van der Waals surface area contributed by atoms with Crippen molar-refractivity contribution in [3.63, 3.8) is 0 Å². The van der Waals surface area contributed by atoms with E-state index in [1.807, 2.05) is 6.92 Å². The van der Waals surface area contributed by atoms with Crippen molar-refractivity contribution in [3.05, 3.63) is 35.1 Å². The fourth-order valence-electron chi connectivity index (χ4n) is 1.42. The number of nitrogens with zero attached hydrogens (tertiary/aromatic N) is 1. The molecule has 0 saturated heterocycles. The molecule has 1 rings (SSSR count). The van der Waals surface area contributed by atoms with E-state index in [0.717, 1.165) is 0 Å². The molecule has 0 amide bonds. The molecule has 3 nitrogen and oxygen atoms in total. The van der Waals surface area contributed by atoms with Crippen molar-refractivity contribution in [2.24, 2.45) is 5.73 Å². The third-order valence-electron chi connectivity index (χ3n) is 2.48. The zero-order valence-electron chi connectivity index (χ0n) is 9.65. The van der Waals surface area contributed by atoms with Crippen LogP contribution in [0.5, 0.6) is 0 Å². The van der Waals surface area contributed by atoms with Crippen molar-refractivity contribution in [1.82, 2.24) is 0 Å². The lowest BCUT2D eigenvalue weighted by atomic mass is 10.1. The van der Waals surface area contributed by atoms with Gasteiger partial charge in [-0.1, -0.05) is 13.0 Å². The highest BCUT2D eigenvalue weighted by Gasteiger charge is 2.12. The van der Waals surface area contributed by atoms with E-state index in [9.17, 15) is 8.60 Å². The second-order valence-electron chi connectivity index (χ2n) is 3.84. The van der Waals surface area contributed by atoms with Crippen LogP contribution in [0.2, 0.25) is 0 Å². The molecule has 2 atom stereocenters. The van der Waals surface area contributed by atoms with Gasteiger partial charge in [-0.15, -0.1) is 0 Å². The van der Waals surface area contributed by atoms with E-state index in [1.165, 1.54) is 12.1 Å². The standard InChI is InChI=1S/C12H15FN2OS/c1-9(4-5-14)17(16)8-10-2-3-12(13)11(6-10)7-15/h2-3,6,9H,4-5,8,14H2,1H3. The van der Waals surface area contributed by atoms with E-state index < -0.39 is 16.6 Å². The first-order valence-electron chi connectivity index (χ1n) is 5.34. The highest BCUT2D eigenvalue weighted by molar-refractivity contribution is 7.84. The Bertz CT molecular complexity index is 456. The van der Waals surface area contributed by atoms with Crippen molar-refractivity contribution in [2.45, 2.75) is 24.3 Å². The van der Waals surface area contributed by atoms with Crippen LogP contribution in [-0.4, -0.2) is 16.0 Å². The van der Waals surface area contributed by atoms with Crippen molar-refractivity contribution in [3.8, 4) is 6.07 Å². The fraction of sp³-hybridized carbons (Fsp3) is 0.417. The average molecular weight is 254 g/mol. The molecule has 5 heteroatoms. The van der Waals surface area contributed by atoms with Crippen LogP contribution in [0.3, 0.4) is 0 Å². The molecule has 0 aliphatic carbocycles. The molecular weight excluding hydrogens is 239 g/mol. The van der Waals surface area contributed by atoms with Gasteiger partial charge in [-0.05, 0) is 30.7 Å². The maximum atomic E-state index is 13.1. The number of hydrogen-bond donors (Lipinski definition) is 1.